The van der Waals surface area contributed by atoms with Gasteiger partial charge in [0.1, 0.15) is 0 Å². The topological polar surface area (TPSA) is 46.2 Å². The lowest BCUT2D eigenvalue weighted by Gasteiger charge is -2.49. The molecule has 0 N–H and O–H groups in total. The quantitative estimate of drug-likeness (QED) is 0.567. The Morgan fingerprint density at radius 1 is 0.682 bits per heavy atom. The summed E-state index contributed by atoms with van der Waals surface area (Å²) in [4.78, 5) is 0. The van der Waals surface area contributed by atoms with Gasteiger partial charge in [0.2, 0.25) is 0 Å². The Labute approximate surface area is 145 Å². The average molecular weight is 415 g/mol. The summed E-state index contributed by atoms with van der Waals surface area (Å²) in [5.74, 6) is 0. The smallest absolute Gasteiger partial charge is 0.437 e. The van der Waals surface area contributed by atoms with Gasteiger partial charge in [0, 0.05) is 6.61 Å². The van der Waals surface area contributed by atoms with Crippen LogP contribution in [0.2, 0.25) is 58.4 Å². The Balaban J connectivity index is 3.27. The number of hydrogen-bond acceptors (Lipinski definition) is 5. The minimum Gasteiger partial charge on any atom is -0.437 e. The van der Waals surface area contributed by atoms with Crippen LogP contribution in [0.3, 0.4) is 0 Å². The van der Waals surface area contributed by atoms with E-state index < -0.39 is 52.6 Å². The molecule has 0 radical (unpaired) electrons. The maximum atomic E-state index is 6.63. The normalized spacial score (nSPS) is 21.3. The third-order valence-electron chi connectivity index (χ3n) is 3.04. The highest BCUT2D eigenvalue weighted by atomic mass is 29.3. The zero-order chi connectivity index (χ0) is 17.0. The van der Waals surface area contributed by atoms with Gasteiger partial charge in [-0.1, -0.05) is 0 Å². The van der Waals surface area contributed by atoms with Gasteiger partial charge in [0.05, 0.1) is 0 Å². The van der Waals surface area contributed by atoms with Gasteiger partial charge in [-0.3, -0.25) is 0 Å². The van der Waals surface area contributed by atoms with Crippen LogP contribution in [0.1, 0.15) is 6.42 Å². The molecule has 0 saturated carbocycles. The maximum Gasteiger partial charge on any atom is 0.516 e. The number of rotatable bonds is 8. The third-order valence-corrected chi connectivity index (χ3v) is 26.9. The Hall–Kier alpha value is 1.10. The molecule has 0 amide bonds. The molecule has 1 heterocycles. The van der Waals surface area contributed by atoms with E-state index in [0.717, 1.165) is 19.1 Å². The van der Waals surface area contributed by atoms with E-state index in [1.807, 2.05) is 0 Å². The molecule has 0 aromatic carbocycles. The van der Waals surface area contributed by atoms with E-state index in [1.54, 1.807) is 0 Å². The van der Waals surface area contributed by atoms with E-state index >= 15 is 0 Å². The van der Waals surface area contributed by atoms with E-state index in [1.165, 1.54) is 0 Å². The first-order valence-corrected chi connectivity index (χ1v) is 24.3. The molecule has 132 valence electrons. The molecule has 0 unspecified atom stereocenters. The second-order valence-electron chi connectivity index (χ2n) is 6.93. The lowest BCUT2D eigenvalue weighted by atomic mass is 10.5. The lowest BCUT2D eigenvalue weighted by molar-refractivity contribution is 0.154. The molecule has 1 fully saturated rings. The van der Waals surface area contributed by atoms with Gasteiger partial charge in [-0.15, -0.1) is 0 Å². The summed E-state index contributed by atoms with van der Waals surface area (Å²) in [5.41, 5.74) is 0. The van der Waals surface area contributed by atoms with Crippen molar-refractivity contribution in [3.05, 3.63) is 0 Å². The van der Waals surface area contributed by atoms with Gasteiger partial charge in [-0.05, 0) is 64.8 Å². The molecular weight excluding hydrogens is 381 g/mol. The summed E-state index contributed by atoms with van der Waals surface area (Å²) in [7, 11) is -10.5. The fourth-order valence-electron chi connectivity index (χ4n) is 2.72. The van der Waals surface area contributed by atoms with Crippen LogP contribution in [0.25, 0.3) is 0 Å². The van der Waals surface area contributed by atoms with Crippen LogP contribution in [0.4, 0.5) is 0 Å². The molecule has 0 atom stereocenters. The van der Waals surface area contributed by atoms with Crippen LogP contribution in [0.5, 0.6) is 0 Å². The van der Waals surface area contributed by atoms with Crippen molar-refractivity contribution in [3.63, 3.8) is 0 Å². The maximum absolute atomic E-state index is 6.63. The summed E-state index contributed by atoms with van der Waals surface area (Å²) in [6.45, 7) is 18.4. The predicted molar refractivity (Wildman–Crippen MR) is 107 cm³/mol. The van der Waals surface area contributed by atoms with Crippen LogP contribution < -0.4 is 0 Å². The largest absolute Gasteiger partial charge is 0.516 e. The second-order valence-corrected chi connectivity index (χ2v) is 26.6. The summed E-state index contributed by atoms with van der Waals surface area (Å²) in [5, 5.41) is 0. The molecule has 22 heavy (non-hydrogen) atoms. The van der Waals surface area contributed by atoms with E-state index in [-0.39, 0.29) is 0 Å². The predicted octanol–water partition coefficient (Wildman–Crippen LogP) is 1.87. The van der Waals surface area contributed by atoms with Crippen LogP contribution >= 0.6 is 0 Å². The standard InChI is InChI=1S/C11H34O5Si6/c1-17(2)13-21(14-18(3)4)11-9-10-12-22(21,15-19(5)6)16-20(7)8/h17-20H,9-11H2,1-8H3. The summed E-state index contributed by atoms with van der Waals surface area (Å²) in [6, 6.07) is 0.984. The van der Waals surface area contributed by atoms with Crippen molar-refractivity contribution in [1.82, 2.24) is 0 Å². The van der Waals surface area contributed by atoms with Crippen molar-refractivity contribution in [2.75, 3.05) is 6.61 Å². The first-order chi connectivity index (χ1) is 10.1. The van der Waals surface area contributed by atoms with Crippen LogP contribution in [0.15, 0.2) is 0 Å². The van der Waals surface area contributed by atoms with Crippen molar-refractivity contribution in [2.45, 2.75) is 64.8 Å². The van der Waals surface area contributed by atoms with Crippen LogP contribution in [0, 0.1) is 0 Å². The third kappa shape index (κ3) is 5.58. The molecule has 0 aromatic heterocycles. The fourth-order valence-corrected chi connectivity index (χ4v) is 37.6. The van der Waals surface area contributed by atoms with E-state index in [0.29, 0.717) is 0 Å². The minimum absolute atomic E-state index is 0.731. The molecule has 11 heteroatoms. The Morgan fingerprint density at radius 3 is 1.45 bits per heavy atom. The first kappa shape index (κ1) is 21.1. The van der Waals surface area contributed by atoms with E-state index in [4.69, 9.17) is 20.9 Å². The summed E-state index contributed by atoms with van der Waals surface area (Å²) >= 11 is 0. The van der Waals surface area contributed by atoms with Crippen molar-refractivity contribution in [2.24, 2.45) is 0 Å². The SMILES string of the molecule is C[SiH](C)O[Si]1(O[SiH](C)C)CCCO[Si]1(O[SiH](C)C)O[SiH](C)C. The van der Waals surface area contributed by atoms with Gasteiger partial charge in [0.25, 0.3) is 0 Å². The molecule has 0 spiro atoms. The molecule has 1 rings (SSSR count). The number of hydrogen-bond donors (Lipinski definition) is 0. The molecular formula is C11H34O5Si6. The molecule has 1 saturated heterocycles. The molecule has 1 aliphatic rings. The summed E-state index contributed by atoms with van der Waals surface area (Å²) < 4.78 is 32.6. The zero-order valence-corrected chi connectivity index (χ0v) is 22.1. The second kappa shape index (κ2) is 8.98. The van der Waals surface area contributed by atoms with Gasteiger partial charge in [-0.25, -0.2) is 0 Å². The molecule has 0 aromatic rings. The Kier molecular flexibility index (Phi) is 8.63. The highest BCUT2D eigenvalue weighted by molar-refractivity contribution is 7.33. The van der Waals surface area contributed by atoms with Gasteiger partial charge in [0.15, 0.2) is 36.2 Å². The van der Waals surface area contributed by atoms with E-state index in [2.05, 4.69) is 52.4 Å². The van der Waals surface area contributed by atoms with Gasteiger partial charge < -0.3 is 20.9 Å². The van der Waals surface area contributed by atoms with Crippen LogP contribution in [-0.4, -0.2) is 59.2 Å². The average Bonchev–Trinajstić information content (AvgIpc) is 2.29. The van der Waals surface area contributed by atoms with Crippen molar-refractivity contribution in [1.29, 1.82) is 0 Å². The molecule has 5 nitrogen and oxygen atoms in total. The Bertz CT molecular complexity index is 289. The van der Waals surface area contributed by atoms with Crippen molar-refractivity contribution < 1.29 is 20.9 Å². The molecule has 0 aliphatic carbocycles. The van der Waals surface area contributed by atoms with Crippen molar-refractivity contribution in [3.8, 4) is 0 Å². The Morgan fingerprint density at radius 2 is 1.09 bits per heavy atom. The monoisotopic (exact) mass is 414 g/mol. The highest BCUT2D eigenvalue weighted by Crippen LogP contribution is 2.36. The van der Waals surface area contributed by atoms with E-state index in [9.17, 15) is 0 Å². The zero-order valence-electron chi connectivity index (χ0n) is 15.5. The molecule has 0 bridgehead atoms. The summed E-state index contributed by atoms with van der Waals surface area (Å²) in [6.07, 6.45) is 1.01. The first-order valence-electron chi connectivity index (χ1n) is 8.47. The van der Waals surface area contributed by atoms with Crippen LogP contribution in [-0.2, 0) is 20.9 Å². The fraction of sp³-hybridized carbons (Fsp3) is 1.00. The van der Waals surface area contributed by atoms with Crippen molar-refractivity contribution >= 4 is 52.6 Å². The highest BCUT2D eigenvalue weighted by Gasteiger charge is 2.69. The molecule has 1 aliphatic heterocycles. The van der Waals surface area contributed by atoms with Gasteiger partial charge in [-0.2, -0.15) is 0 Å². The lowest BCUT2D eigenvalue weighted by Crippen LogP contribution is -2.77. The minimum atomic E-state index is -2.83. The van der Waals surface area contributed by atoms with Gasteiger partial charge >= 0.3 is 16.4 Å².